The van der Waals surface area contributed by atoms with Crippen molar-refractivity contribution >= 4 is 16.9 Å². The summed E-state index contributed by atoms with van der Waals surface area (Å²) in [6, 6.07) is 7.88. The van der Waals surface area contributed by atoms with Crippen molar-refractivity contribution < 1.29 is 4.79 Å². The summed E-state index contributed by atoms with van der Waals surface area (Å²) in [7, 11) is 1.82. The Morgan fingerprint density at radius 1 is 1.38 bits per heavy atom. The molecule has 6 heteroatoms. The van der Waals surface area contributed by atoms with Crippen LogP contribution in [0, 0.1) is 6.92 Å². The third kappa shape index (κ3) is 2.65. The maximum Gasteiger partial charge on any atom is 0.254 e. The predicted octanol–water partition coefficient (Wildman–Crippen LogP) is 1.58. The molecule has 0 aliphatic rings. The quantitative estimate of drug-likeness (QED) is 0.763. The average Bonchev–Trinajstić information content (AvgIpc) is 3.03. The minimum Gasteiger partial charge on any atom is -0.351 e. The van der Waals surface area contributed by atoms with E-state index < -0.39 is 0 Å². The van der Waals surface area contributed by atoms with Gasteiger partial charge in [-0.25, -0.2) is 4.98 Å². The molecule has 0 aliphatic carbocycles. The number of hydrogen-bond acceptors (Lipinski definition) is 3. The van der Waals surface area contributed by atoms with E-state index in [0.717, 1.165) is 22.6 Å². The Hall–Kier alpha value is -2.63. The molecule has 108 valence electrons. The first-order valence-corrected chi connectivity index (χ1v) is 6.85. The lowest BCUT2D eigenvalue weighted by molar-refractivity contribution is 0.0953. The fourth-order valence-electron chi connectivity index (χ4n) is 2.24. The SMILES string of the molecule is Cc1c(C(=O)NCCc2nc3ccccc3[nH]2)cnn1C. The molecule has 0 atom stereocenters. The number of carbonyl (C=O) groups is 1. The molecule has 1 amide bonds. The average molecular weight is 283 g/mol. The summed E-state index contributed by atoms with van der Waals surface area (Å²) in [4.78, 5) is 19.8. The summed E-state index contributed by atoms with van der Waals surface area (Å²) in [5.74, 6) is 0.774. The summed E-state index contributed by atoms with van der Waals surface area (Å²) < 4.78 is 1.69. The first-order chi connectivity index (χ1) is 10.1. The van der Waals surface area contributed by atoms with E-state index in [-0.39, 0.29) is 5.91 Å². The van der Waals surface area contributed by atoms with E-state index in [1.165, 1.54) is 0 Å². The van der Waals surface area contributed by atoms with Gasteiger partial charge < -0.3 is 10.3 Å². The molecule has 0 aliphatic heterocycles. The van der Waals surface area contributed by atoms with Crippen molar-refractivity contribution in [2.75, 3.05) is 6.54 Å². The number of aryl methyl sites for hydroxylation is 1. The Morgan fingerprint density at radius 3 is 2.90 bits per heavy atom. The minimum absolute atomic E-state index is 0.100. The van der Waals surface area contributed by atoms with Crippen LogP contribution in [0.1, 0.15) is 21.9 Å². The van der Waals surface area contributed by atoms with Crippen LogP contribution in [0.5, 0.6) is 0 Å². The Bertz CT molecular complexity index is 753. The zero-order valence-electron chi connectivity index (χ0n) is 12.1. The number of rotatable bonds is 4. The number of fused-ring (bicyclic) bond motifs is 1. The molecule has 0 fully saturated rings. The second-order valence-corrected chi connectivity index (χ2v) is 4.97. The molecule has 0 saturated carbocycles. The van der Waals surface area contributed by atoms with Gasteiger partial charge in [-0.1, -0.05) is 12.1 Å². The number of carbonyl (C=O) groups excluding carboxylic acids is 1. The summed E-state index contributed by atoms with van der Waals surface area (Å²) in [6.45, 7) is 2.41. The van der Waals surface area contributed by atoms with Gasteiger partial charge in [-0.3, -0.25) is 9.48 Å². The Morgan fingerprint density at radius 2 is 2.19 bits per heavy atom. The normalized spacial score (nSPS) is 11.0. The number of nitrogens with one attached hydrogen (secondary N) is 2. The first kappa shape index (κ1) is 13.4. The molecule has 2 N–H and O–H groups in total. The number of benzene rings is 1. The second-order valence-electron chi connectivity index (χ2n) is 4.97. The number of para-hydroxylation sites is 2. The highest BCUT2D eigenvalue weighted by Crippen LogP contribution is 2.10. The largest absolute Gasteiger partial charge is 0.351 e. The number of amides is 1. The van der Waals surface area contributed by atoms with Gasteiger partial charge in [0.15, 0.2) is 0 Å². The molecule has 0 radical (unpaired) electrons. The van der Waals surface area contributed by atoms with Crippen molar-refractivity contribution in [3.05, 3.63) is 47.5 Å². The molecule has 0 saturated heterocycles. The number of imidazole rings is 1. The lowest BCUT2D eigenvalue weighted by Gasteiger charge is -2.03. The number of aromatic amines is 1. The van der Waals surface area contributed by atoms with Crippen LogP contribution in [-0.2, 0) is 13.5 Å². The third-order valence-corrected chi connectivity index (χ3v) is 3.57. The summed E-state index contributed by atoms with van der Waals surface area (Å²) in [5, 5.41) is 6.96. The number of hydrogen-bond donors (Lipinski definition) is 2. The van der Waals surface area contributed by atoms with Crippen LogP contribution in [0.2, 0.25) is 0 Å². The van der Waals surface area contributed by atoms with Crippen molar-refractivity contribution in [3.63, 3.8) is 0 Å². The molecule has 1 aromatic carbocycles. The van der Waals surface area contributed by atoms with Gasteiger partial charge in [0.1, 0.15) is 5.82 Å². The van der Waals surface area contributed by atoms with Crippen molar-refractivity contribution in [2.45, 2.75) is 13.3 Å². The van der Waals surface area contributed by atoms with E-state index in [9.17, 15) is 4.79 Å². The molecule has 2 heterocycles. The summed E-state index contributed by atoms with van der Waals surface area (Å²) in [6.07, 6.45) is 2.26. The van der Waals surface area contributed by atoms with Gasteiger partial charge in [-0.05, 0) is 19.1 Å². The van der Waals surface area contributed by atoms with Crippen molar-refractivity contribution in [1.82, 2.24) is 25.1 Å². The lowest BCUT2D eigenvalue weighted by Crippen LogP contribution is -2.26. The highest BCUT2D eigenvalue weighted by Gasteiger charge is 2.12. The van der Waals surface area contributed by atoms with Crippen LogP contribution in [0.3, 0.4) is 0 Å². The van der Waals surface area contributed by atoms with Crippen LogP contribution in [0.15, 0.2) is 30.5 Å². The van der Waals surface area contributed by atoms with E-state index in [1.807, 2.05) is 38.2 Å². The van der Waals surface area contributed by atoms with Gasteiger partial charge in [0, 0.05) is 25.7 Å². The molecule has 3 aromatic rings. The third-order valence-electron chi connectivity index (χ3n) is 3.57. The highest BCUT2D eigenvalue weighted by atomic mass is 16.1. The molecular weight excluding hydrogens is 266 g/mol. The second kappa shape index (κ2) is 5.40. The molecule has 0 unspecified atom stereocenters. The number of nitrogens with zero attached hydrogens (tertiary/aromatic N) is 3. The van der Waals surface area contributed by atoms with Crippen LogP contribution < -0.4 is 5.32 Å². The van der Waals surface area contributed by atoms with Gasteiger partial charge in [0.05, 0.1) is 22.8 Å². The van der Waals surface area contributed by atoms with Crippen LogP contribution >= 0.6 is 0 Å². The summed E-state index contributed by atoms with van der Waals surface area (Å²) in [5.41, 5.74) is 3.43. The Kier molecular flexibility index (Phi) is 3.43. The maximum atomic E-state index is 12.0. The zero-order chi connectivity index (χ0) is 14.8. The molecule has 3 rings (SSSR count). The monoisotopic (exact) mass is 283 g/mol. The van der Waals surface area contributed by atoms with E-state index >= 15 is 0 Å². The number of aromatic nitrogens is 4. The standard InChI is InChI=1S/C15H17N5O/c1-10-11(9-17-20(10)2)15(21)16-8-7-14-18-12-5-3-4-6-13(12)19-14/h3-6,9H,7-8H2,1-2H3,(H,16,21)(H,18,19). The summed E-state index contributed by atoms with van der Waals surface area (Å²) >= 11 is 0. The molecule has 21 heavy (non-hydrogen) atoms. The van der Waals surface area contributed by atoms with Gasteiger partial charge >= 0.3 is 0 Å². The molecule has 2 aromatic heterocycles. The van der Waals surface area contributed by atoms with Gasteiger partial charge in [-0.2, -0.15) is 5.10 Å². The van der Waals surface area contributed by atoms with E-state index in [0.29, 0.717) is 18.5 Å². The van der Waals surface area contributed by atoms with Crippen molar-refractivity contribution in [2.24, 2.45) is 7.05 Å². The van der Waals surface area contributed by atoms with Crippen LogP contribution in [-0.4, -0.2) is 32.2 Å². The van der Waals surface area contributed by atoms with Gasteiger partial charge in [-0.15, -0.1) is 0 Å². The van der Waals surface area contributed by atoms with Crippen LogP contribution in [0.4, 0.5) is 0 Å². The molecule has 0 bridgehead atoms. The van der Waals surface area contributed by atoms with Crippen molar-refractivity contribution in [1.29, 1.82) is 0 Å². The number of H-pyrrole nitrogens is 1. The zero-order valence-corrected chi connectivity index (χ0v) is 12.1. The van der Waals surface area contributed by atoms with Gasteiger partial charge in [0.25, 0.3) is 5.91 Å². The Balaban J connectivity index is 1.61. The maximum absolute atomic E-state index is 12.0. The van der Waals surface area contributed by atoms with Crippen molar-refractivity contribution in [3.8, 4) is 0 Å². The predicted molar refractivity (Wildman–Crippen MR) is 80.1 cm³/mol. The van der Waals surface area contributed by atoms with E-state index in [1.54, 1.807) is 10.9 Å². The fourth-order valence-corrected chi connectivity index (χ4v) is 2.24. The first-order valence-electron chi connectivity index (χ1n) is 6.85. The Labute approximate surface area is 122 Å². The molecule has 0 spiro atoms. The molecular formula is C15H17N5O. The fraction of sp³-hybridized carbons (Fsp3) is 0.267. The molecule has 6 nitrogen and oxygen atoms in total. The van der Waals surface area contributed by atoms with Gasteiger partial charge in [0.2, 0.25) is 0 Å². The minimum atomic E-state index is -0.100. The lowest BCUT2D eigenvalue weighted by atomic mass is 10.2. The smallest absolute Gasteiger partial charge is 0.254 e. The van der Waals surface area contributed by atoms with E-state index in [4.69, 9.17) is 0 Å². The van der Waals surface area contributed by atoms with Crippen LogP contribution in [0.25, 0.3) is 11.0 Å². The van der Waals surface area contributed by atoms with E-state index in [2.05, 4.69) is 20.4 Å². The highest BCUT2D eigenvalue weighted by molar-refractivity contribution is 5.95. The topological polar surface area (TPSA) is 75.6 Å².